The second-order valence-corrected chi connectivity index (χ2v) is 6.62. The molecule has 7 heteroatoms. The van der Waals surface area contributed by atoms with Crippen molar-refractivity contribution in [3.63, 3.8) is 0 Å². The summed E-state index contributed by atoms with van der Waals surface area (Å²) in [5, 5.41) is 5.72. The van der Waals surface area contributed by atoms with Crippen molar-refractivity contribution in [3.05, 3.63) is 24.2 Å². The molecule has 0 atom stereocenters. The summed E-state index contributed by atoms with van der Waals surface area (Å²) in [6, 6.07) is 2.26. The Balaban J connectivity index is 1.92. The van der Waals surface area contributed by atoms with Gasteiger partial charge >= 0.3 is 0 Å². The van der Waals surface area contributed by atoms with Crippen LogP contribution in [0.25, 0.3) is 22.4 Å². The Morgan fingerprint density at radius 1 is 1.23 bits per heavy atom. The molecular weight excluding hydrogens is 328 g/mol. The first-order valence-corrected chi connectivity index (χ1v) is 9.34. The van der Waals surface area contributed by atoms with Gasteiger partial charge in [-0.1, -0.05) is 19.8 Å². The van der Waals surface area contributed by atoms with Gasteiger partial charge in [0.2, 0.25) is 0 Å². The Bertz CT molecular complexity index is 929. The van der Waals surface area contributed by atoms with Crippen molar-refractivity contribution in [1.29, 1.82) is 0 Å². The zero-order valence-electron chi connectivity index (χ0n) is 15.3. The number of hydrogen-bond donors (Lipinski definition) is 1. The second kappa shape index (κ2) is 6.90. The van der Waals surface area contributed by atoms with E-state index < -0.39 is 0 Å². The fourth-order valence-electron chi connectivity index (χ4n) is 3.74. The van der Waals surface area contributed by atoms with Crippen LogP contribution in [0.15, 0.2) is 18.5 Å². The van der Waals surface area contributed by atoms with E-state index in [4.69, 9.17) is 20.6 Å². The molecule has 2 N–H and O–H groups in total. The summed E-state index contributed by atoms with van der Waals surface area (Å²) in [7, 11) is 0. The molecule has 0 aromatic carbocycles. The molecule has 1 aliphatic rings. The number of ether oxygens (including phenoxy) is 1. The van der Waals surface area contributed by atoms with Crippen LogP contribution in [0.3, 0.4) is 0 Å². The summed E-state index contributed by atoms with van der Waals surface area (Å²) in [4.78, 5) is 13.6. The van der Waals surface area contributed by atoms with Crippen LogP contribution < -0.4 is 10.5 Å². The van der Waals surface area contributed by atoms with Crippen LogP contribution >= 0.6 is 0 Å². The Hall–Kier alpha value is -2.70. The van der Waals surface area contributed by atoms with Crippen LogP contribution in [-0.2, 0) is 6.42 Å². The van der Waals surface area contributed by atoms with E-state index in [2.05, 4.69) is 21.6 Å². The number of pyridine rings is 1. The highest BCUT2D eigenvalue weighted by Crippen LogP contribution is 2.35. The molecular formula is C19H24N6O. The first kappa shape index (κ1) is 16.8. The number of aryl methyl sites for hydroxylation is 1. The van der Waals surface area contributed by atoms with Crippen molar-refractivity contribution in [2.75, 3.05) is 12.3 Å². The summed E-state index contributed by atoms with van der Waals surface area (Å²) in [5.41, 5.74) is 8.94. The van der Waals surface area contributed by atoms with E-state index in [-0.39, 0.29) is 0 Å². The van der Waals surface area contributed by atoms with Gasteiger partial charge in [0.05, 0.1) is 35.5 Å². The van der Waals surface area contributed by atoms with Gasteiger partial charge in [-0.25, -0.2) is 14.6 Å². The van der Waals surface area contributed by atoms with Gasteiger partial charge in [0.15, 0.2) is 11.5 Å². The fraction of sp³-hybridized carbons (Fsp3) is 0.474. The third-order valence-corrected chi connectivity index (χ3v) is 4.98. The van der Waals surface area contributed by atoms with Crippen molar-refractivity contribution in [2.45, 2.75) is 52.0 Å². The van der Waals surface area contributed by atoms with Crippen LogP contribution in [0.1, 0.15) is 51.3 Å². The minimum atomic E-state index is 0.392. The highest BCUT2D eigenvalue weighted by molar-refractivity contribution is 5.90. The van der Waals surface area contributed by atoms with E-state index in [0.717, 1.165) is 41.6 Å². The highest BCUT2D eigenvalue weighted by Gasteiger charge is 2.25. The molecule has 136 valence electrons. The third kappa shape index (κ3) is 2.77. The van der Waals surface area contributed by atoms with Gasteiger partial charge in [0, 0.05) is 6.20 Å². The van der Waals surface area contributed by atoms with E-state index >= 15 is 0 Å². The Morgan fingerprint density at radius 3 is 2.77 bits per heavy atom. The van der Waals surface area contributed by atoms with Crippen molar-refractivity contribution in [3.8, 4) is 17.1 Å². The van der Waals surface area contributed by atoms with Gasteiger partial charge in [0.25, 0.3) is 0 Å². The van der Waals surface area contributed by atoms with Crippen molar-refractivity contribution in [1.82, 2.24) is 24.7 Å². The van der Waals surface area contributed by atoms with Crippen LogP contribution in [0.5, 0.6) is 5.75 Å². The molecule has 3 aromatic heterocycles. The van der Waals surface area contributed by atoms with Crippen molar-refractivity contribution < 1.29 is 4.74 Å². The van der Waals surface area contributed by atoms with Gasteiger partial charge in [-0.3, -0.25) is 4.98 Å². The number of nitrogens with two attached hydrogens (primary N) is 1. The molecule has 1 fully saturated rings. The molecule has 0 bridgehead atoms. The number of rotatable bonds is 5. The van der Waals surface area contributed by atoms with Crippen LogP contribution in [0, 0.1) is 0 Å². The van der Waals surface area contributed by atoms with Crippen molar-refractivity contribution in [2.24, 2.45) is 0 Å². The van der Waals surface area contributed by atoms with Gasteiger partial charge in [0.1, 0.15) is 11.6 Å². The number of anilines is 1. The normalized spacial score (nSPS) is 15.0. The minimum absolute atomic E-state index is 0.392. The molecule has 4 rings (SSSR count). The van der Waals surface area contributed by atoms with Crippen LogP contribution in [0.4, 0.5) is 5.82 Å². The Labute approximate surface area is 152 Å². The second-order valence-electron chi connectivity index (χ2n) is 6.62. The Morgan fingerprint density at radius 2 is 2.04 bits per heavy atom. The zero-order valence-corrected chi connectivity index (χ0v) is 15.3. The molecule has 0 spiro atoms. The largest absolute Gasteiger partial charge is 0.491 e. The first-order valence-electron chi connectivity index (χ1n) is 9.34. The van der Waals surface area contributed by atoms with Crippen LogP contribution in [-0.4, -0.2) is 31.3 Å². The molecule has 3 heterocycles. The van der Waals surface area contributed by atoms with E-state index in [1.807, 2.05) is 13.0 Å². The quantitative estimate of drug-likeness (QED) is 0.755. The maximum absolute atomic E-state index is 6.35. The number of fused-ring (bicyclic) bond motifs is 1. The summed E-state index contributed by atoms with van der Waals surface area (Å²) in [6.45, 7) is 4.58. The lowest BCUT2D eigenvalue weighted by Gasteiger charge is -2.12. The molecule has 1 aliphatic carbocycles. The third-order valence-electron chi connectivity index (χ3n) is 4.98. The van der Waals surface area contributed by atoms with Gasteiger partial charge in [-0.15, -0.1) is 0 Å². The highest BCUT2D eigenvalue weighted by atomic mass is 16.5. The van der Waals surface area contributed by atoms with Gasteiger partial charge in [-0.05, 0) is 32.3 Å². The average molecular weight is 352 g/mol. The van der Waals surface area contributed by atoms with E-state index in [9.17, 15) is 0 Å². The topological polar surface area (TPSA) is 91.7 Å². The number of nitrogens with zero attached hydrogens (tertiary/aromatic N) is 5. The number of nitrogen functional groups attached to an aromatic ring is 1. The SMILES string of the molecule is CCOc1cnccc1-c1nc(N)c2c(CC)nn(C3CCCC3)c2n1. The minimum Gasteiger partial charge on any atom is -0.491 e. The molecule has 0 amide bonds. The average Bonchev–Trinajstić information content (AvgIpc) is 3.30. The van der Waals surface area contributed by atoms with Crippen molar-refractivity contribution >= 4 is 16.9 Å². The molecule has 1 saturated carbocycles. The lowest BCUT2D eigenvalue weighted by molar-refractivity contribution is 0.340. The monoisotopic (exact) mass is 352 g/mol. The zero-order chi connectivity index (χ0) is 18.1. The van der Waals surface area contributed by atoms with E-state index in [1.165, 1.54) is 12.8 Å². The standard InChI is InChI=1S/C19H24N6O/c1-3-14-16-17(20)22-18(13-9-10-21-11-15(13)26-4-2)23-19(16)25(24-14)12-7-5-6-8-12/h9-12H,3-8H2,1-2H3,(H2,20,22,23). The summed E-state index contributed by atoms with van der Waals surface area (Å²) in [6.07, 6.45) is 8.96. The molecule has 0 radical (unpaired) electrons. The first-order chi connectivity index (χ1) is 12.7. The summed E-state index contributed by atoms with van der Waals surface area (Å²) < 4.78 is 7.77. The number of aromatic nitrogens is 5. The smallest absolute Gasteiger partial charge is 0.167 e. The molecule has 26 heavy (non-hydrogen) atoms. The maximum atomic E-state index is 6.35. The molecule has 0 saturated heterocycles. The van der Waals surface area contributed by atoms with E-state index in [0.29, 0.717) is 30.0 Å². The van der Waals surface area contributed by atoms with E-state index in [1.54, 1.807) is 12.4 Å². The number of hydrogen-bond acceptors (Lipinski definition) is 6. The lowest BCUT2D eigenvalue weighted by Crippen LogP contribution is -2.08. The molecule has 0 unspecified atom stereocenters. The van der Waals surface area contributed by atoms with Crippen LogP contribution in [0.2, 0.25) is 0 Å². The summed E-state index contributed by atoms with van der Waals surface area (Å²) >= 11 is 0. The Kier molecular flexibility index (Phi) is 4.44. The predicted octanol–water partition coefficient (Wildman–Crippen LogP) is 3.55. The predicted molar refractivity (Wildman–Crippen MR) is 101 cm³/mol. The molecule has 7 nitrogen and oxygen atoms in total. The lowest BCUT2D eigenvalue weighted by atomic mass is 10.2. The summed E-state index contributed by atoms with van der Waals surface area (Å²) in [5.74, 6) is 1.70. The fourth-order valence-corrected chi connectivity index (χ4v) is 3.74. The molecule has 3 aromatic rings. The molecule has 0 aliphatic heterocycles. The van der Waals surface area contributed by atoms with Gasteiger partial charge in [-0.2, -0.15) is 5.10 Å². The maximum Gasteiger partial charge on any atom is 0.167 e. The van der Waals surface area contributed by atoms with Gasteiger partial charge < -0.3 is 10.5 Å².